The molecule has 0 spiro atoms. The van der Waals surface area contributed by atoms with Crippen LogP contribution in [-0.4, -0.2) is 0 Å². The second kappa shape index (κ2) is 3.09. The molecular weight excluding hydrogens is 166 g/mol. The van der Waals surface area contributed by atoms with Crippen molar-refractivity contribution < 1.29 is 0 Å². The summed E-state index contributed by atoms with van der Waals surface area (Å²) < 4.78 is 0. The molecule has 1 nitrogen and oxygen atoms in total. The molecule has 0 amide bonds. The zero-order valence-corrected chi connectivity index (χ0v) is 8.29. The van der Waals surface area contributed by atoms with Crippen molar-refractivity contribution in [1.82, 2.24) is 0 Å². The zero-order valence-electron chi connectivity index (χ0n) is 7.47. The molecule has 0 unspecified atom stereocenters. The Bertz CT molecular complexity index is 271. The maximum absolute atomic E-state index is 5.77. The lowest BCUT2D eigenvalue weighted by Gasteiger charge is -2.06. The van der Waals surface area contributed by atoms with Gasteiger partial charge >= 0.3 is 0 Å². The van der Waals surface area contributed by atoms with Gasteiger partial charge in [0.1, 0.15) is 0 Å². The summed E-state index contributed by atoms with van der Waals surface area (Å²) in [4.78, 5) is 1.43. The highest BCUT2D eigenvalue weighted by Crippen LogP contribution is 2.39. The number of aryl methyl sites for hydroxylation is 1. The Morgan fingerprint density at radius 2 is 2.08 bits per heavy atom. The van der Waals surface area contributed by atoms with Gasteiger partial charge in [-0.25, -0.2) is 0 Å². The molecule has 0 aliphatic heterocycles. The van der Waals surface area contributed by atoms with Crippen LogP contribution < -0.4 is 5.73 Å². The monoisotopic (exact) mass is 181 g/mol. The first-order valence-corrected chi connectivity index (χ1v) is 5.45. The molecule has 0 atom stereocenters. The van der Waals surface area contributed by atoms with Crippen molar-refractivity contribution in [2.45, 2.75) is 38.5 Å². The highest BCUT2D eigenvalue weighted by molar-refractivity contribution is 7.16. The molecule has 1 saturated carbocycles. The lowest BCUT2D eigenvalue weighted by molar-refractivity contribution is 0.722. The largest absolute Gasteiger partial charge is 0.391 e. The molecule has 1 aliphatic carbocycles. The molecule has 2 N–H and O–H groups in total. The van der Waals surface area contributed by atoms with E-state index in [0.717, 1.165) is 10.9 Å². The molecule has 1 heterocycles. The third-order valence-electron chi connectivity index (χ3n) is 2.77. The number of hydrogen-bond donors (Lipinski definition) is 1. The van der Waals surface area contributed by atoms with Gasteiger partial charge in [-0.1, -0.05) is 12.8 Å². The van der Waals surface area contributed by atoms with Crippen molar-refractivity contribution in [3.63, 3.8) is 0 Å². The molecule has 2 rings (SSSR count). The van der Waals surface area contributed by atoms with Crippen LogP contribution in [0.3, 0.4) is 0 Å². The van der Waals surface area contributed by atoms with Gasteiger partial charge in [0.2, 0.25) is 0 Å². The summed E-state index contributed by atoms with van der Waals surface area (Å²) in [7, 11) is 0. The molecule has 1 fully saturated rings. The summed E-state index contributed by atoms with van der Waals surface area (Å²) >= 11 is 1.73. The average molecular weight is 181 g/mol. The molecule has 1 aromatic rings. The van der Waals surface area contributed by atoms with Crippen molar-refractivity contribution in [2.24, 2.45) is 0 Å². The van der Waals surface area contributed by atoms with Crippen molar-refractivity contribution in [3.05, 3.63) is 16.5 Å². The van der Waals surface area contributed by atoms with Crippen LogP contribution in [0.4, 0.5) is 5.00 Å². The molecule has 66 valence electrons. The molecule has 0 radical (unpaired) electrons. The highest BCUT2D eigenvalue weighted by atomic mass is 32.1. The molecular formula is C10H15NS. The second-order valence-electron chi connectivity index (χ2n) is 3.64. The van der Waals surface area contributed by atoms with Crippen LogP contribution in [-0.2, 0) is 0 Å². The summed E-state index contributed by atoms with van der Waals surface area (Å²) in [6, 6.07) is 2.18. The Balaban J connectivity index is 2.25. The van der Waals surface area contributed by atoms with Gasteiger partial charge in [0, 0.05) is 4.88 Å². The van der Waals surface area contributed by atoms with Crippen LogP contribution in [0, 0.1) is 6.92 Å². The van der Waals surface area contributed by atoms with Crippen LogP contribution in [0.1, 0.15) is 42.0 Å². The van der Waals surface area contributed by atoms with Gasteiger partial charge < -0.3 is 5.73 Å². The van der Waals surface area contributed by atoms with E-state index in [-0.39, 0.29) is 0 Å². The van der Waals surface area contributed by atoms with Crippen LogP contribution in [0.15, 0.2) is 6.07 Å². The Labute approximate surface area is 77.6 Å². The van der Waals surface area contributed by atoms with Crippen LogP contribution >= 0.6 is 11.3 Å². The van der Waals surface area contributed by atoms with E-state index in [1.54, 1.807) is 11.3 Å². The summed E-state index contributed by atoms with van der Waals surface area (Å²) in [6.07, 6.45) is 5.55. The minimum atomic E-state index is 0.818. The first-order valence-electron chi connectivity index (χ1n) is 4.63. The third kappa shape index (κ3) is 1.36. The van der Waals surface area contributed by atoms with Gasteiger partial charge in [-0.3, -0.25) is 0 Å². The molecule has 2 heteroatoms. The molecule has 12 heavy (non-hydrogen) atoms. The minimum Gasteiger partial charge on any atom is -0.391 e. The average Bonchev–Trinajstić information content (AvgIpc) is 2.58. The lowest BCUT2D eigenvalue weighted by atomic mass is 9.99. The van der Waals surface area contributed by atoms with Gasteiger partial charge in [-0.2, -0.15) is 0 Å². The number of anilines is 1. The number of nitrogen functional groups attached to an aromatic ring is 1. The summed E-state index contributed by atoms with van der Waals surface area (Å²) in [5.41, 5.74) is 7.29. The Morgan fingerprint density at radius 3 is 2.58 bits per heavy atom. The van der Waals surface area contributed by atoms with E-state index in [9.17, 15) is 0 Å². The van der Waals surface area contributed by atoms with E-state index in [1.165, 1.54) is 36.1 Å². The minimum absolute atomic E-state index is 0.818. The van der Waals surface area contributed by atoms with Gasteiger partial charge in [-0.05, 0) is 37.3 Å². The summed E-state index contributed by atoms with van der Waals surface area (Å²) in [5.74, 6) is 0.818. The van der Waals surface area contributed by atoms with E-state index in [1.807, 2.05) is 0 Å². The maximum atomic E-state index is 5.77. The van der Waals surface area contributed by atoms with E-state index in [4.69, 9.17) is 5.73 Å². The number of thiophene rings is 1. The fourth-order valence-corrected chi connectivity index (χ4v) is 3.05. The predicted octanol–water partition coefficient (Wildman–Crippen LogP) is 3.30. The standard InChI is InChI=1S/C10H15NS/c1-7-9(6-10(11)12-7)8-4-2-3-5-8/h6,8H,2-5,11H2,1H3. The van der Waals surface area contributed by atoms with Crippen molar-refractivity contribution >= 4 is 16.3 Å². The third-order valence-corrected chi connectivity index (χ3v) is 3.67. The molecule has 0 aromatic carbocycles. The predicted molar refractivity (Wildman–Crippen MR) is 54.7 cm³/mol. The second-order valence-corrected chi connectivity index (χ2v) is 4.93. The molecule has 0 saturated heterocycles. The fourth-order valence-electron chi connectivity index (χ4n) is 2.16. The van der Waals surface area contributed by atoms with E-state index in [2.05, 4.69) is 13.0 Å². The van der Waals surface area contributed by atoms with Crippen LogP contribution in [0.5, 0.6) is 0 Å². The lowest BCUT2D eigenvalue weighted by Crippen LogP contribution is -1.91. The SMILES string of the molecule is Cc1sc(N)cc1C1CCCC1. The van der Waals surface area contributed by atoms with E-state index >= 15 is 0 Å². The van der Waals surface area contributed by atoms with E-state index < -0.39 is 0 Å². The van der Waals surface area contributed by atoms with Gasteiger partial charge in [0.15, 0.2) is 0 Å². The number of nitrogens with two attached hydrogens (primary N) is 1. The smallest absolute Gasteiger partial charge is 0.0862 e. The van der Waals surface area contributed by atoms with Gasteiger partial charge in [-0.15, -0.1) is 11.3 Å². The van der Waals surface area contributed by atoms with E-state index in [0.29, 0.717) is 0 Å². The molecule has 1 aromatic heterocycles. The highest BCUT2D eigenvalue weighted by Gasteiger charge is 2.19. The normalized spacial score (nSPS) is 18.8. The Kier molecular flexibility index (Phi) is 2.09. The number of hydrogen-bond acceptors (Lipinski definition) is 2. The Hall–Kier alpha value is -0.500. The first-order chi connectivity index (χ1) is 5.77. The van der Waals surface area contributed by atoms with Crippen molar-refractivity contribution in [1.29, 1.82) is 0 Å². The fraction of sp³-hybridized carbons (Fsp3) is 0.600. The van der Waals surface area contributed by atoms with Crippen molar-refractivity contribution in [3.8, 4) is 0 Å². The van der Waals surface area contributed by atoms with Crippen LogP contribution in [0.25, 0.3) is 0 Å². The van der Waals surface area contributed by atoms with Crippen LogP contribution in [0.2, 0.25) is 0 Å². The van der Waals surface area contributed by atoms with Gasteiger partial charge in [0.25, 0.3) is 0 Å². The zero-order chi connectivity index (χ0) is 8.55. The number of rotatable bonds is 1. The maximum Gasteiger partial charge on any atom is 0.0862 e. The topological polar surface area (TPSA) is 26.0 Å². The van der Waals surface area contributed by atoms with Gasteiger partial charge in [0.05, 0.1) is 5.00 Å². The molecule has 1 aliphatic rings. The van der Waals surface area contributed by atoms with Crippen molar-refractivity contribution in [2.75, 3.05) is 5.73 Å². The Morgan fingerprint density at radius 1 is 1.42 bits per heavy atom. The molecule has 0 bridgehead atoms. The first kappa shape index (κ1) is 8.11. The summed E-state index contributed by atoms with van der Waals surface area (Å²) in [5, 5.41) is 0.981. The summed E-state index contributed by atoms with van der Waals surface area (Å²) in [6.45, 7) is 2.19. The quantitative estimate of drug-likeness (QED) is 0.706.